The van der Waals surface area contributed by atoms with Crippen LogP contribution in [0.25, 0.3) is 12.2 Å². The Kier molecular flexibility index (Phi) is 7.89. The first-order chi connectivity index (χ1) is 16.2. The third-order valence-corrected chi connectivity index (χ3v) is 6.66. The molecule has 4 aromatic rings. The minimum Gasteiger partial charge on any atom is -0.207 e. The average molecular weight is 455 g/mol. The lowest BCUT2D eigenvalue weighted by Crippen LogP contribution is -1.97. The summed E-state index contributed by atoms with van der Waals surface area (Å²) in [4.78, 5) is 0. The van der Waals surface area contributed by atoms with E-state index in [9.17, 15) is 8.78 Å². The fraction of sp³-hybridized carbons (Fsp3) is 0.0667. The third kappa shape index (κ3) is 6.77. The van der Waals surface area contributed by atoms with Crippen molar-refractivity contribution in [1.29, 1.82) is 0 Å². The van der Waals surface area contributed by atoms with Crippen molar-refractivity contribution in [3.8, 4) is 0 Å². The first-order valence-electron chi connectivity index (χ1n) is 10.8. The molecule has 2 unspecified atom stereocenters. The maximum atomic E-state index is 13.3. The largest absolute Gasteiger partial charge is 0.207 e. The minimum atomic E-state index is -0.240. The van der Waals surface area contributed by atoms with E-state index in [1.165, 1.54) is 35.4 Å². The van der Waals surface area contributed by atoms with Gasteiger partial charge >= 0.3 is 0 Å². The van der Waals surface area contributed by atoms with Gasteiger partial charge in [-0.15, -0.1) is 11.8 Å². The second-order valence-corrected chi connectivity index (χ2v) is 8.91. The van der Waals surface area contributed by atoms with Crippen LogP contribution >= 0.6 is 11.8 Å². The molecule has 0 bridgehead atoms. The summed E-state index contributed by atoms with van der Waals surface area (Å²) in [5, 5.41) is 0.165. The van der Waals surface area contributed by atoms with E-state index in [4.69, 9.17) is 0 Å². The van der Waals surface area contributed by atoms with E-state index in [1.807, 2.05) is 60.3 Å². The lowest BCUT2D eigenvalue weighted by molar-refractivity contribution is 0.627. The van der Waals surface area contributed by atoms with E-state index in [2.05, 4.69) is 36.4 Å². The fourth-order valence-electron chi connectivity index (χ4n) is 3.46. The number of thioether (sulfide) groups is 1. The molecule has 3 heteroatoms. The first kappa shape index (κ1) is 22.8. The van der Waals surface area contributed by atoms with Gasteiger partial charge < -0.3 is 0 Å². The van der Waals surface area contributed by atoms with Crippen molar-refractivity contribution >= 4 is 23.9 Å². The van der Waals surface area contributed by atoms with E-state index in [0.29, 0.717) is 0 Å². The topological polar surface area (TPSA) is 0 Å². The standard InChI is InChI=1S/C30H24F2S/c31-27-17-11-23(12-18-27)15-21-29(25-7-3-1-4-8-25)33-30(26-9-5-2-6-10-26)22-16-24-13-19-28(32)20-14-24/h1-22,29-30H/b21-15-,22-16-. The number of benzene rings is 4. The van der Waals surface area contributed by atoms with Gasteiger partial charge in [0.1, 0.15) is 11.6 Å². The highest BCUT2D eigenvalue weighted by Gasteiger charge is 2.16. The molecule has 4 rings (SSSR count). The Bertz CT molecular complexity index is 1080. The molecule has 0 aliphatic carbocycles. The molecule has 4 aromatic carbocycles. The highest BCUT2D eigenvalue weighted by Crippen LogP contribution is 2.42. The van der Waals surface area contributed by atoms with Gasteiger partial charge in [0.05, 0.1) is 0 Å². The van der Waals surface area contributed by atoms with Crippen LogP contribution in [0.15, 0.2) is 121 Å². The Hall–Kier alpha value is -3.43. The summed E-state index contributed by atoms with van der Waals surface area (Å²) in [6.45, 7) is 0. The van der Waals surface area contributed by atoms with Crippen LogP contribution in [0.5, 0.6) is 0 Å². The van der Waals surface area contributed by atoms with Crippen LogP contribution in [0.2, 0.25) is 0 Å². The zero-order valence-corrected chi connectivity index (χ0v) is 18.8. The number of rotatable bonds is 8. The van der Waals surface area contributed by atoms with Gasteiger partial charge in [-0.3, -0.25) is 0 Å². The SMILES string of the molecule is Fc1ccc(/C=C\C(SC(/C=C\c2ccc(F)cc2)c2ccccc2)c2ccccc2)cc1. The van der Waals surface area contributed by atoms with Gasteiger partial charge in [-0.1, -0.05) is 109 Å². The average Bonchev–Trinajstić information content (AvgIpc) is 2.87. The van der Waals surface area contributed by atoms with Crippen LogP contribution in [0.1, 0.15) is 32.8 Å². The third-order valence-electron chi connectivity index (χ3n) is 5.22. The Morgan fingerprint density at radius 1 is 0.485 bits per heavy atom. The molecule has 0 aromatic heterocycles. The molecule has 0 nitrogen and oxygen atoms in total. The summed E-state index contributed by atoms with van der Waals surface area (Å²) in [5.41, 5.74) is 4.29. The lowest BCUT2D eigenvalue weighted by atomic mass is 10.1. The van der Waals surface area contributed by atoms with Crippen LogP contribution < -0.4 is 0 Å². The maximum Gasteiger partial charge on any atom is 0.123 e. The monoisotopic (exact) mass is 454 g/mol. The van der Waals surface area contributed by atoms with Crippen molar-refractivity contribution in [2.45, 2.75) is 10.5 Å². The van der Waals surface area contributed by atoms with E-state index in [0.717, 1.165) is 11.1 Å². The van der Waals surface area contributed by atoms with Crippen molar-refractivity contribution in [2.24, 2.45) is 0 Å². The van der Waals surface area contributed by atoms with Gasteiger partial charge in [0.25, 0.3) is 0 Å². The van der Waals surface area contributed by atoms with Crippen molar-refractivity contribution in [3.05, 3.63) is 155 Å². The maximum absolute atomic E-state index is 13.3. The summed E-state index contributed by atoms with van der Waals surface area (Å²) < 4.78 is 26.6. The van der Waals surface area contributed by atoms with Gasteiger partial charge in [0, 0.05) is 10.5 Å². The molecular weight excluding hydrogens is 430 g/mol. The molecule has 2 atom stereocenters. The summed E-state index contributed by atoms with van der Waals surface area (Å²) in [7, 11) is 0. The quantitative estimate of drug-likeness (QED) is 0.256. The van der Waals surface area contributed by atoms with Crippen molar-refractivity contribution < 1.29 is 8.78 Å². The first-order valence-corrected chi connectivity index (χ1v) is 11.7. The zero-order valence-electron chi connectivity index (χ0n) is 18.0. The molecule has 0 spiro atoms. The molecule has 33 heavy (non-hydrogen) atoms. The lowest BCUT2D eigenvalue weighted by Gasteiger charge is -2.20. The van der Waals surface area contributed by atoms with Crippen LogP contribution in [0, 0.1) is 11.6 Å². The second-order valence-electron chi connectivity index (χ2n) is 7.62. The van der Waals surface area contributed by atoms with Gasteiger partial charge in [0.15, 0.2) is 0 Å². The number of halogens is 2. The number of hydrogen-bond acceptors (Lipinski definition) is 1. The molecule has 0 aliphatic rings. The van der Waals surface area contributed by atoms with Crippen molar-refractivity contribution in [3.63, 3.8) is 0 Å². The smallest absolute Gasteiger partial charge is 0.123 e. The van der Waals surface area contributed by atoms with Crippen molar-refractivity contribution in [1.82, 2.24) is 0 Å². The van der Waals surface area contributed by atoms with E-state index in [1.54, 1.807) is 24.3 Å². The molecule has 164 valence electrons. The molecule has 0 saturated carbocycles. The number of hydrogen-bond donors (Lipinski definition) is 0. The molecule has 0 fully saturated rings. The summed E-state index contributed by atoms with van der Waals surface area (Å²) >= 11 is 1.82. The van der Waals surface area contributed by atoms with E-state index in [-0.39, 0.29) is 22.1 Å². The predicted octanol–water partition coefficient (Wildman–Crippen LogP) is 8.91. The van der Waals surface area contributed by atoms with Crippen LogP contribution in [0.3, 0.4) is 0 Å². The fourth-order valence-corrected chi connectivity index (χ4v) is 4.74. The Labute approximate surface area is 198 Å². The molecule has 0 aliphatic heterocycles. The normalized spacial score (nSPS) is 13.4. The highest BCUT2D eigenvalue weighted by molar-refractivity contribution is 8.00. The molecule has 0 amide bonds. The van der Waals surface area contributed by atoms with E-state index < -0.39 is 0 Å². The zero-order chi connectivity index (χ0) is 22.9. The minimum absolute atomic E-state index is 0.0827. The Balaban J connectivity index is 1.64. The van der Waals surface area contributed by atoms with Crippen LogP contribution in [-0.4, -0.2) is 0 Å². The summed E-state index contributed by atoms with van der Waals surface area (Å²) in [6, 6.07) is 33.7. The van der Waals surface area contributed by atoms with Crippen LogP contribution in [0.4, 0.5) is 8.78 Å². The second kappa shape index (κ2) is 11.4. The molecule has 0 saturated heterocycles. The molecule has 0 radical (unpaired) electrons. The molecule has 0 N–H and O–H groups in total. The van der Waals surface area contributed by atoms with Gasteiger partial charge in [-0.05, 0) is 46.5 Å². The van der Waals surface area contributed by atoms with Gasteiger partial charge in [-0.25, -0.2) is 8.78 Å². The predicted molar refractivity (Wildman–Crippen MR) is 137 cm³/mol. The van der Waals surface area contributed by atoms with Gasteiger partial charge in [-0.2, -0.15) is 0 Å². The summed E-state index contributed by atoms with van der Waals surface area (Å²) in [6.07, 6.45) is 8.40. The summed E-state index contributed by atoms with van der Waals surface area (Å²) in [5.74, 6) is -0.479. The Morgan fingerprint density at radius 2 is 0.848 bits per heavy atom. The molecular formula is C30H24F2S. The van der Waals surface area contributed by atoms with E-state index >= 15 is 0 Å². The van der Waals surface area contributed by atoms with Crippen molar-refractivity contribution in [2.75, 3.05) is 0 Å². The van der Waals surface area contributed by atoms with Crippen LogP contribution in [-0.2, 0) is 0 Å². The Morgan fingerprint density at radius 3 is 1.21 bits per heavy atom. The highest BCUT2D eigenvalue weighted by atomic mass is 32.2. The van der Waals surface area contributed by atoms with Gasteiger partial charge in [0.2, 0.25) is 0 Å². The molecule has 0 heterocycles.